The summed E-state index contributed by atoms with van der Waals surface area (Å²) >= 11 is 6.56. The fourth-order valence-electron chi connectivity index (χ4n) is 4.98. The van der Waals surface area contributed by atoms with E-state index in [-0.39, 0.29) is 29.7 Å². The lowest BCUT2D eigenvalue weighted by atomic mass is 10.0. The molecule has 0 saturated heterocycles. The van der Waals surface area contributed by atoms with Gasteiger partial charge in [0.2, 0.25) is 11.8 Å². The summed E-state index contributed by atoms with van der Waals surface area (Å²) in [6, 6.07) is 29.2. The molecule has 236 valence electrons. The minimum absolute atomic E-state index is 0.0112. The van der Waals surface area contributed by atoms with Gasteiger partial charge in [-0.15, -0.1) is 0 Å². The standard InChI is InChI=1S/C36H40ClN3O4S/c1-26(2)23-38-36(42)34(22-29-13-6-5-7-14-29)39(24-30-15-9-10-16-32(30)37)35(41)25-40(33-17-11-8-12-28(33)4)45(43,44)31-20-18-27(3)19-21-31/h5-21,26,34H,22-25H2,1-4H3,(H,38,42)/t34-/m0/s1. The average Bonchev–Trinajstić information content (AvgIpc) is 3.02. The lowest BCUT2D eigenvalue weighted by Gasteiger charge is -2.34. The highest BCUT2D eigenvalue weighted by Crippen LogP contribution is 2.28. The molecule has 1 N–H and O–H groups in total. The summed E-state index contributed by atoms with van der Waals surface area (Å²) < 4.78 is 29.5. The molecule has 0 spiro atoms. The van der Waals surface area contributed by atoms with Gasteiger partial charge in [0, 0.05) is 24.5 Å². The van der Waals surface area contributed by atoms with Crippen LogP contribution in [0.5, 0.6) is 0 Å². The molecule has 0 aliphatic carbocycles. The van der Waals surface area contributed by atoms with Crippen molar-refractivity contribution in [1.82, 2.24) is 10.2 Å². The number of halogens is 1. The molecule has 0 aliphatic rings. The van der Waals surface area contributed by atoms with Crippen LogP contribution in [0.15, 0.2) is 108 Å². The number of nitrogens with zero attached hydrogens (tertiary/aromatic N) is 2. The van der Waals surface area contributed by atoms with Crippen molar-refractivity contribution >= 4 is 39.1 Å². The monoisotopic (exact) mass is 645 g/mol. The van der Waals surface area contributed by atoms with Gasteiger partial charge in [0.15, 0.2) is 0 Å². The topological polar surface area (TPSA) is 86.8 Å². The molecule has 0 unspecified atom stereocenters. The zero-order valence-corrected chi connectivity index (χ0v) is 27.7. The van der Waals surface area contributed by atoms with Crippen LogP contribution >= 0.6 is 11.6 Å². The van der Waals surface area contributed by atoms with E-state index in [4.69, 9.17) is 11.6 Å². The number of aryl methyl sites for hydroxylation is 2. The summed E-state index contributed by atoms with van der Waals surface area (Å²) in [5, 5.41) is 3.44. The highest BCUT2D eigenvalue weighted by atomic mass is 35.5. The Hall–Kier alpha value is -4.14. The molecular formula is C36H40ClN3O4S. The normalized spacial score (nSPS) is 12.0. The predicted octanol–water partition coefficient (Wildman–Crippen LogP) is 6.56. The van der Waals surface area contributed by atoms with Gasteiger partial charge in [0.25, 0.3) is 10.0 Å². The van der Waals surface area contributed by atoms with E-state index in [0.29, 0.717) is 28.4 Å². The van der Waals surface area contributed by atoms with E-state index < -0.39 is 28.5 Å². The number of carbonyl (C=O) groups excluding carboxylic acids is 2. The van der Waals surface area contributed by atoms with Crippen molar-refractivity contribution in [2.75, 3.05) is 17.4 Å². The zero-order valence-electron chi connectivity index (χ0n) is 26.1. The molecule has 0 bridgehead atoms. The molecule has 1 atom stereocenters. The van der Waals surface area contributed by atoms with Gasteiger partial charge in [-0.3, -0.25) is 13.9 Å². The maximum atomic E-state index is 14.6. The van der Waals surface area contributed by atoms with Gasteiger partial charge in [0.1, 0.15) is 12.6 Å². The molecule has 4 aromatic carbocycles. The van der Waals surface area contributed by atoms with Crippen molar-refractivity contribution < 1.29 is 18.0 Å². The van der Waals surface area contributed by atoms with Gasteiger partial charge >= 0.3 is 0 Å². The summed E-state index contributed by atoms with van der Waals surface area (Å²) in [4.78, 5) is 29.9. The van der Waals surface area contributed by atoms with Crippen LogP contribution in [-0.2, 0) is 32.6 Å². The van der Waals surface area contributed by atoms with Crippen molar-refractivity contribution in [3.8, 4) is 0 Å². The summed E-state index contributed by atoms with van der Waals surface area (Å²) in [5.74, 6) is -0.665. The van der Waals surface area contributed by atoms with Crippen LogP contribution in [-0.4, -0.2) is 44.3 Å². The molecule has 4 rings (SSSR count). The summed E-state index contributed by atoms with van der Waals surface area (Å²) in [6.07, 6.45) is 0.232. The Kier molecular flexibility index (Phi) is 11.4. The van der Waals surface area contributed by atoms with Gasteiger partial charge in [0.05, 0.1) is 10.6 Å². The van der Waals surface area contributed by atoms with Crippen LogP contribution in [0.25, 0.3) is 0 Å². The molecule has 0 radical (unpaired) electrons. The van der Waals surface area contributed by atoms with E-state index in [9.17, 15) is 18.0 Å². The molecule has 0 saturated carbocycles. The maximum Gasteiger partial charge on any atom is 0.264 e. The lowest BCUT2D eigenvalue weighted by Crippen LogP contribution is -2.53. The Bertz CT molecular complexity index is 1710. The van der Waals surface area contributed by atoms with E-state index in [1.54, 1.807) is 67.6 Å². The zero-order chi connectivity index (χ0) is 32.6. The fourth-order valence-corrected chi connectivity index (χ4v) is 6.65. The van der Waals surface area contributed by atoms with Crippen molar-refractivity contribution in [3.05, 3.63) is 130 Å². The first-order valence-corrected chi connectivity index (χ1v) is 16.8. The van der Waals surface area contributed by atoms with E-state index in [0.717, 1.165) is 15.4 Å². The van der Waals surface area contributed by atoms with Crippen LogP contribution in [0.1, 0.15) is 36.1 Å². The molecule has 9 heteroatoms. The third-order valence-corrected chi connectivity index (χ3v) is 9.67. The number of sulfonamides is 1. The Morgan fingerprint density at radius 3 is 2.09 bits per heavy atom. The van der Waals surface area contributed by atoms with Crippen LogP contribution < -0.4 is 9.62 Å². The van der Waals surface area contributed by atoms with Gasteiger partial charge in [-0.2, -0.15) is 0 Å². The van der Waals surface area contributed by atoms with E-state index in [2.05, 4.69) is 5.32 Å². The first-order valence-electron chi connectivity index (χ1n) is 15.0. The molecule has 7 nitrogen and oxygen atoms in total. The third kappa shape index (κ3) is 8.74. The lowest BCUT2D eigenvalue weighted by molar-refractivity contribution is -0.140. The quantitative estimate of drug-likeness (QED) is 0.178. The molecular weight excluding hydrogens is 606 g/mol. The molecule has 0 aliphatic heterocycles. The summed E-state index contributed by atoms with van der Waals surface area (Å²) in [7, 11) is -4.17. The van der Waals surface area contributed by atoms with Gasteiger partial charge in [-0.05, 0) is 60.7 Å². The number of anilines is 1. The number of para-hydroxylation sites is 1. The smallest absolute Gasteiger partial charge is 0.264 e. The minimum atomic E-state index is -4.17. The van der Waals surface area contributed by atoms with Crippen LogP contribution in [0.3, 0.4) is 0 Å². The van der Waals surface area contributed by atoms with Gasteiger partial charge in [-0.25, -0.2) is 8.42 Å². The second-order valence-electron chi connectivity index (χ2n) is 11.6. The number of hydrogen-bond donors (Lipinski definition) is 1. The molecule has 2 amide bonds. The average molecular weight is 646 g/mol. The Morgan fingerprint density at radius 2 is 1.44 bits per heavy atom. The first-order chi connectivity index (χ1) is 21.5. The third-order valence-electron chi connectivity index (χ3n) is 7.53. The van der Waals surface area contributed by atoms with Gasteiger partial charge < -0.3 is 10.2 Å². The number of amides is 2. The predicted molar refractivity (Wildman–Crippen MR) is 181 cm³/mol. The highest BCUT2D eigenvalue weighted by Gasteiger charge is 2.35. The first kappa shape index (κ1) is 33.7. The van der Waals surface area contributed by atoms with Crippen molar-refractivity contribution in [2.24, 2.45) is 5.92 Å². The number of rotatable bonds is 13. The number of benzene rings is 4. The SMILES string of the molecule is Cc1ccc(S(=O)(=O)N(CC(=O)N(Cc2ccccc2Cl)[C@@H](Cc2ccccc2)C(=O)NCC(C)C)c2ccccc2C)cc1. The number of nitrogens with one attached hydrogen (secondary N) is 1. The second kappa shape index (κ2) is 15.2. The summed E-state index contributed by atoms with van der Waals surface area (Å²) in [5.41, 5.74) is 3.49. The van der Waals surface area contributed by atoms with E-state index in [1.807, 2.05) is 63.2 Å². The van der Waals surface area contributed by atoms with Crippen molar-refractivity contribution in [1.29, 1.82) is 0 Å². The van der Waals surface area contributed by atoms with Crippen molar-refractivity contribution in [3.63, 3.8) is 0 Å². The van der Waals surface area contributed by atoms with Gasteiger partial charge in [-0.1, -0.05) is 110 Å². The fraction of sp³-hybridized carbons (Fsp3) is 0.278. The molecule has 4 aromatic rings. The Labute approximate surface area is 271 Å². The molecule has 0 aromatic heterocycles. The van der Waals surface area contributed by atoms with Crippen LogP contribution in [0.2, 0.25) is 5.02 Å². The number of hydrogen-bond acceptors (Lipinski definition) is 4. The van der Waals surface area contributed by atoms with Crippen LogP contribution in [0, 0.1) is 19.8 Å². The Morgan fingerprint density at radius 1 is 0.822 bits per heavy atom. The molecule has 0 fully saturated rings. The van der Waals surface area contributed by atoms with Crippen molar-refractivity contribution in [2.45, 2.75) is 51.6 Å². The Balaban J connectivity index is 1.81. The number of carbonyl (C=O) groups is 2. The summed E-state index contributed by atoms with van der Waals surface area (Å²) in [6.45, 7) is 7.59. The van der Waals surface area contributed by atoms with E-state index >= 15 is 0 Å². The molecule has 0 heterocycles. The second-order valence-corrected chi connectivity index (χ2v) is 13.8. The largest absolute Gasteiger partial charge is 0.354 e. The maximum absolute atomic E-state index is 14.6. The van der Waals surface area contributed by atoms with Crippen LogP contribution in [0.4, 0.5) is 5.69 Å². The van der Waals surface area contributed by atoms with E-state index in [1.165, 1.54) is 4.90 Å². The molecule has 45 heavy (non-hydrogen) atoms. The highest BCUT2D eigenvalue weighted by molar-refractivity contribution is 7.92. The minimum Gasteiger partial charge on any atom is -0.354 e.